The molecule has 0 aliphatic rings. The quantitative estimate of drug-likeness (QED) is 0.638. The maximum Gasteiger partial charge on any atom is 0.122 e. The summed E-state index contributed by atoms with van der Waals surface area (Å²) in [5, 5.41) is 10.3. The SMILES string of the molecule is COCCN(CCOC)CC(O)COc1ccccc1C(C)C. The van der Waals surface area contributed by atoms with Crippen LogP contribution in [0.25, 0.3) is 0 Å². The van der Waals surface area contributed by atoms with E-state index in [1.54, 1.807) is 14.2 Å². The van der Waals surface area contributed by atoms with E-state index in [2.05, 4.69) is 24.8 Å². The van der Waals surface area contributed by atoms with Crippen molar-refractivity contribution in [2.45, 2.75) is 25.9 Å². The van der Waals surface area contributed by atoms with Crippen LogP contribution >= 0.6 is 0 Å². The van der Waals surface area contributed by atoms with E-state index in [-0.39, 0.29) is 6.61 Å². The molecule has 1 rings (SSSR count). The third kappa shape index (κ3) is 7.79. The van der Waals surface area contributed by atoms with Gasteiger partial charge in [0, 0.05) is 33.9 Å². The summed E-state index contributed by atoms with van der Waals surface area (Å²) in [6.07, 6.45) is -0.552. The third-order valence-corrected chi connectivity index (χ3v) is 3.66. The lowest BCUT2D eigenvalue weighted by Crippen LogP contribution is -2.39. The highest BCUT2D eigenvalue weighted by molar-refractivity contribution is 5.35. The van der Waals surface area contributed by atoms with Crippen LogP contribution in [0, 0.1) is 0 Å². The molecule has 1 atom stereocenters. The first-order valence-electron chi connectivity index (χ1n) is 8.18. The van der Waals surface area contributed by atoms with Crippen molar-refractivity contribution in [2.75, 3.05) is 53.7 Å². The van der Waals surface area contributed by atoms with Crippen LogP contribution in [0.1, 0.15) is 25.3 Å². The smallest absolute Gasteiger partial charge is 0.122 e. The van der Waals surface area contributed by atoms with Gasteiger partial charge in [-0.2, -0.15) is 0 Å². The first-order valence-corrected chi connectivity index (χ1v) is 8.18. The number of methoxy groups -OCH3 is 2. The number of nitrogens with zero attached hydrogens (tertiary/aromatic N) is 1. The highest BCUT2D eigenvalue weighted by atomic mass is 16.5. The van der Waals surface area contributed by atoms with Crippen molar-refractivity contribution >= 4 is 0 Å². The molecule has 0 amide bonds. The van der Waals surface area contributed by atoms with Gasteiger partial charge in [-0.05, 0) is 17.5 Å². The molecule has 0 aliphatic heterocycles. The largest absolute Gasteiger partial charge is 0.491 e. The molecule has 5 nitrogen and oxygen atoms in total. The minimum atomic E-state index is -0.552. The first kappa shape index (κ1) is 19.9. The minimum Gasteiger partial charge on any atom is -0.491 e. The van der Waals surface area contributed by atoms with Gasteiger partial charge in [0.15, 0.2) is 0 Å². The van der Waals surface area contributed by atoms with E-state index in [0.29, 0.717) is 25.7 Å². The monoisotopic (exact) mass is 325 g/mol. The zero-order valence-corrected chi connectivity index (χ0v) is 14.8. The molecule has 1 aromatic rings. The van der Waals surface area contributed by atoms with Gasteiger partial charge in [-0.1, -0.05) is 32.0 Å². The predicted octanol–water partition coefficient (Wildman–Crippen LogP) is 2.14. The summed E-state index contributed by atoms with van der Waals surface area (Å²) >= 11 is 0. The van der Waals surface area contributed by atoms with Gasteiger partial charge in [0.1, 0.15) is 18.5 Å². The van der Waals surface area contributed by atoms with E-state index in [1.165, 1.54) is 0 Å². The molecule has 5 heteroatoms. The lowest BCUT2D eigenvalue weighted by Gasteiger charge is -2.25. The fourth-order valence-corrected chi connectivity index (χ4v) is 2.36. The molecular formula is C18H31NO4. The summed E-state index contributed by atoms with van der Waals surface area (Å²) < 4.78 is 16.1. The summed E-state index contributed by atoms with van der Waals surface area (Å²) in [7, 11) is 3.35. The van der Waals surface area contributed by atoms with Gasteiger partial charge >= 0.3 is 0 Å². The Kier molecular flexibility index (Phi) is 9.87. The Hall–Kier alpha value is -1.14. The van der Waals surface area contributed by atoms with Crippen LogP contribution in [0.5, 0.6) is 5.75 Å². The molecule has 1 N–H and O–H groups in total. The van der Waals surface area contributed by atoms with E-state index in [9.17, 15) is 5.11 Å². The van der Waals surface area contributed by atoms with Crippen LogP contribution in [0.15, 0.2) is 24.3 Å². The highest BCUT2D eigenvalue weighted by Crippen LogP contribution is 2.25. The van der Waals surface area contributed by atoms with Gasteiger partial charge in [-0.15, -0.1) is 0 Å². The Morgan fingerprint density at radius 3 is 2.22 bits per heavy atom. The Morgan fingerprint density at radius 1 is 1.04 bits per heavy atom. The minimum absolute atomic E-state index is 0.278. The zero-order chi connectivity index (χ0) is 17.1. The van der Waals surface area contributed by atoms with Crippen LogP contribution < -0.4 is 4.74 Å². The molecule has 0 radical (unpaired) electrons. The number of aliphatic hydroxyl groups excluding tert-OH is 1. The van der Waals surface area contributed by atoms with Crippen LogP contribution in [0.4, 0.5) is 0 Å². The average Bonchev–Trinajstić information content (AvgIpc) is 2.55. The molecule has 0 saturated carbocycles. The topological polar surface area (TPSA) is 51.2 Å². The summed E-state index contributed by atoms with van der Waals surface area (Å²) in [5.74, 6) is 1.24. The molecule has 0 aliphatic carbocycles. The lowest BCUT2D eigenvalue weighted by molar-refractivity contribution is 0.0457. The van der Waals surface area contributed by atoms with Crippen molar-refractivity contribution in [2.24, 2.45) is 0 Å². The maximum atomic E-state index is 10.3. The van der Waals surface area contributed by atoms with Crippen LogP contribution in [0.2, 0.25) is 0 Å². The molecule has 23 heavy (non-hydrogen) atoms. The molecule has 1 aromatic carbocycles. The summed E-state index contributed by atoms with van der Waals surface area (Å²) in [5.41, 5.74) is 1.16. The highest BCUT2D eigenvalue weighted by Gasteiger charge is 2.14. The van der Waals surface area contributed by atoms with E-state index in [0.717, 1.165) is 24.4 Å². The molecule has 0 aromatic heterocycles. The summed E-state index contributed by atoms with van der Waals surface area (Å²) in [6.45, 7) is 7.88. The fraction of sp³-hybridized carbons (Fsp3) is 0.667. The standard InChI is InChI=1S/C18H31NO4/c1-15(2)17-7-5-6-8-18(17)23-14-16(20)13-19(9-11-21-3)10-12-22-4/h5-8,15-16,20H,9-14H2,1-4H3. The van der Waals surface area contributed by atoms with Gasteiger partial charge in [-0.3, -0.25) is 4.90 Å². The second-order valence-corrected chi connectivity index (χ2v) is 5.94. The van der Waals surface area contributed by atoms with Gasteiger partial charge in [0.05, 0.1) is 13.2 Å². The van der Waals surface area contributed by atoms with Crippen LogP contribution in [-0.2, 0) is 9.47 Å². The number of benzene rings is 1. The first-order chi connectivity index (χ1) is 11.1. The summed E-state index contributed by atoms with van der Waals surface area (Å²) in [4.78, 5) is 2.12. The fourth-order valence-electron chi connectivity index (χ4n) is 2.36. The normalized spacial score (nSPS) is 12.8. The molecule has 1 unspecified atom stereocenters. The van der Waals surface area contributed by atoms with Crippen molar-refractivity contribution in [3.8, 4) is 5.75 Å². The Bertz CT molecular complexity index is 417. The van der Waals surface area contributed by atoms with Gasteiger partial charge in [0.2, 0.25) is 0 Å². The molecule has 0 fully saturated rings. The van der Waals surface area contributed by atoms with Crippen molar-refractivity contribution in [1.82, 2.24) is 4.90 Å². The molecule has 0 bridgehead atoms. The Balaban J connectivity index is 2.49. The Labute approximate surface area is 140 Å². The molecule has 132 valence electrons. The second kappa shape index (κ2) is 11.4. The summed E-state index contributed by atoms with van der Waals surface area (Å²) in [6, 6.07) is 7.98. The molecular weight excluding hydrogens is 294 g/mol. The molecule has 0 spiro atoms. The van der Waals surface area contributed by atoms with Crippen molar-refractivity contribution < 1.29 is 19.3 Å². The van der Waals surface area contributed by atoms with Crippen LogP contribution in [0.3, 0.4) is 0 Å². The molecule has 0 saturated heterocycles. The van der Waals surface area contributed by atoms with E-state index in [4.69, 9.17) is 14.2 Å². The number of hydrogen-bond acceptors (Lipinski definition) is 5. The second-order valence-electron chi connectivity index (χ2n) is 5.94. The van der Waals surface area contributed by atoms with E-state index in [1.807, 2.05) is 18.2 Å². The van der Waals surface area contributed by atoms with Gasteiger partial charge < -0.3 is 19.3 Å². The maximum absolute atomic E-state index is 10.3. The number of hydrogen-bond donors (Lipinski definition) is 1. The average molecular weight is 325 g/mol. The number of rotatable bonds is 12. The zero-order valence-electron chi connectivity index (χ0n) is 14.8. The number of ether oxygens (including phenoxy) is 3. The van der Waals surface area contributed by atoms with E-state index < -0.39 is 6.10 Å². The van der Waals surface area contributed by atoms with Crippen molar-refractivity contribution in [3.63, 3.8) is 0 Å². The van der Waals surface area contributed by atoms with Gasteiger partial charge in [-0.25, -0.2) is 0 Å². The van der Waals surface area contributed by atoms with Gasteiger partial charge in [0.25, 0.3) is 0 Å². The third-order valence-electron chi connectivity index (χ3n) is 3.66. The van der Waals surface area contributed by atoms with Crippen molar-refractivity contribution in [3.05, 3.63) is 29.8 Å². The Morgan fingerprint density at radius 2 is 1.65 bits per heavy atom. The van der Waals surface area contributed by atoms with E-state index >= 15 is 0 Å². The number of para-hydroxylation sites is 1. The molecule has 0 heterocycles. The predicted molar refractivity (Wildman–Crippen MR) is 92.2 cm³/mol. The lowest BCUT2D eigenvalue weighted by atomic mass is 10.0. The number of aliphatic hydroxyl groups is 1. The van der Waals surface area contributed by atoms with Crippen molar-refractivity contribution in [1.29, 1.82) is 0 Å². The van der Waals surface area contributed by atoms with Crippen LogP contribution in [-0.4, -0.2) is 69.8 Å².